The first-order valence-corrected chi connectivity index (χ1v) is 9.16. The van der Waals surface area contributed by atoms with E-state index in [-0.39, 0.29) is 5.56 Å². The molecule has 0 aromatic carbocycles. The molecular formula is C13H26N3O7P. The van der Waals surface area contributed by atoms with Gasteiger partial charge in [0.05, 0.1) is 0 Å². The lowest BCUT2D eigenvalue weighted by molar-refractivity contribution is 0.198. The summed E-state index contributed by atoms with van der Waals surface area (Å²) < 4.78 is 19.0. The van der Waals surface area contributed by atoms with Gasteiger partial charge in [0, 0.05) is 38.2 Å². The van der Waals surface area contributed by atoms with Crippen LogP contribution in [-0.2, 0) is 14.0 Å². The van der Waals surface area contributed by atoms with Gasteiger partial charge in [0.2, 0.25) is 0 Å². The predicted molar refractivity (Wildman–Crippen MR) is 88.8 cm³/mol. The van der Waals surface area contributed by atoms with Crippen molar-refractivity contribution in [3.05, 3.63) is 32.6 Å². The van der Waals surface area contributed by atoms with Gasteiger partial charge in [-0.3, -0.25) is 9.78 Å². The third-order valence-electron chi connectivity index (χ3n) is 2.66. The maximum absolute atomic E-state index is 10.6. The lowest BCUT2D eigenvalue weighted by Crippen LogP contribution is -2.22. The smallest absolute Gasteiger partial charge is 0.381 e. The fourth-order valence-corrected chi connectivity index (χ4v) is 1.50. The van der Waals surface area contributed by atoms with Crippen molar-refractivity contribution in [3.8, 4) is 0 Å². The van der Waals surface area contributed by atoms with Crippen molar-refractivity contribution in [1.29, 1.82) is 0 Å². The Morgan fingerprint density at radius 2 is 1.42 bits per heavy atom. The molecule has 0 bridgehead atoms. The first-order chi connectivity index (χ1) is 11.2. The molecule has 2 aliphatic heterocycles. The zero-order chi connectivity index (χ0) is 18.4. The van der Waals surface area contributed by atoms with Crippen LogP contribution in [0.4, 0.5) is 0 Å². The van der Waals surface area contributed by atoms with E-state index >= 15 is 0 Å². The molecule has 1 aromatic heterocycles. The van der Waals surface area contributed by atoms with Crippen LogP contribution in [-0.4, -0.2) is 46.2 Å². The zero-order valence-electron chi connectivity index (χ0n) is 13.7. The number of aryl methyl sites for hydroxylation is 1. The van der Waals surface area contributed by atoms with Crippen LogP contribution >= 0.6 is 7.75 Å². The lowest BCUT2D eigenvalue weighted by Gasteiger charge is -1.84. The van der Waals surface area contributed by atoms with Crippen molar-refractivity contribution >= 4 is 7.75 Å². The molecule has 10 nitrogen and oxygen atoms in total. The van der Waals surface area contributed by atoms with Crippen molar-refractivity contribution in [3.63, 3.8) is 0 Å². The first-order valence-electron chi connectivity index (χ1n) is 7.48. The molecule has 140 valence electrons. The van der Waals surface area contributed by atoms with Crippen LogP contribution in [0.15, 0.2) is 15.8 Å². The van der Waals surface area contributed by atoms with E-state index in [1.807, 2.05) is 0 Å². The Kier molecular flexibility index (Phi) is 12.4. The van der Waals surface area contributed by atoms with Crippen molar-refractivity contribution < 1.29 is 23.8 Å². The van der Waals surface area contributed by atoms with E-state index in [4.69, 9.17) is 23.8 Å². The van der Waals surface area contributed by atoms with Crippen molar-refractivity contribution in [1.82, 2.24) is 9.97 Å². The fourth-order valence-electron chi connectivity index (χ4n) is 1.50. The summed E-state index contributed by atoms with van der Waals surface area (Å²) in [6.45, 7) is 5.62. The topological polar surface area (TPSA) is 168 Å². The molecule has 24 heavy (non-hydrogen) atoms. The third-order valence-corrected chi connectivity index (χ3v) is 2.66. The Morgan fingerprint density at radius 1 is 1.04 bits per heavy atom. The number of nitrogens with one attached hydrogen (secondary N) is 2. The normalized spacial score (nSPS) is 16.0. The summed E-state index contributed by atoms with van der Waals surface area (Å²) in [5, 5.41) is 0. The minimum atomic E-state index is -4.14. The first kappa shape index (κ1) is 22.7. The van der Waals surface area contributed by atoms with Crippen molar-refractivity contribution in [2.24, 2.45) is 5.50 Å². The largest absolute Gasteiger partial charge is 0.397 e. The number of rotatable bonds is 0. The summed E-state index contributed by atoms with van der Waals surface area (Å²) in [4.78, 5) is 40.1. The Morgan fingerprint density at radius 3 is 1.62 bits per heavy atom. The van der Waals surface area contributed by atoms with Gasteiger partial charge in [-0.15, -0.1) is 0 Å². The summed E-state index contributed by atoms with van der Waals surface area (Å²) in [6, 6.07) is 0. The quantitative estimate of drug-likeness (QED) is 0.399. The molecule has 0 atom stereocenters. The van der Waals surface area contributed by atoms with Crippen LogP contribution in [0.5, 0.6) is 0 Å². The number of ether oxygens (including phenoxy) is 2. The molecule has 0 radical (unpaired) electrons. The molecule has 3 rings (SSSR count). The van der Waals surface area contributed by atoms with Crippen LogP contribution in [0, 0.1) is 6.92 Å². The van der Waals surface area contributed by atoms with Gasteiger partial charge in [0.1, 0.15) is 0 Å². The monoisotopic (exact) mass is 367 g/mol. The highest BCUT2D eigenvalue weighted by molar-refractivity contribution is 7.49. The predicted octanol–water partition coefficient (Wildman–Crippen LogP) is 0.00302. The zero-order valence-corrected chi connectivity index (χ0v) is 14.6. The highest BCUT2D eigenvalue weighted by Gasteiger charge is 1.96. The van der Waals surface area contributed by atoms with Gasteiger partial charge in [-0.25, -0.2) is 14.9 Å². The number of H-pyrrole nitrogens is 2. The summed E-state index contributed by atoms with van der Waals surface area (Å²) in [6.07, 6.45) is 6.49. The van der Waals surface area contributed by atoms with Crippen molar-refractivity contribution in [2.75, 3.05) is 26.4 Å². The second kappa shape index (κ2) is 13.1. The standard InChI is InChI=1S/C5H6N2O2.2C4H8O.H4NO3P/c1-3-2-6-5(9)7-4(3)8;2*1-2-4-5-3-1;1-5(2,3)4/h2H,1H3,(H2,6,7,8,9);2*1-4H2;(H4,1,2,3,4). The maximum atomic E-state index is 10.6. The Bertz CT molecular complexity index is 554. The highest BCUT2D eigenvalue weighted by atomic mass is 31.2. The summed E-state index contributed by atoms with van der Waals surface area (Å²) >= 11 is 0. The number of hydrogen-bond acceptors (Lipinski definition) is 5. The average Bonchev–Trinajstić information content (AvgIpc) is 3.18. The number of aromatic amines is 2. The van der Waals surface area contributed by atoms with Gasteiger partial charge in [-0.2, -0.15) is 0 Å². The number of hydrogen-bond donors (Lipinski definition) is 5. The Balaban J connectivity index is 0.000000307. The molecule has 0 spiro atoms. The van der Waals surface area contributed by atoms with Gasteiger partial charge in [0.25, 0.3) is 5.56 Å². The van der Waals surface area contributed by atoms with E-state index in [0.29, 0.717) is 5.56 Å². The highest BCUT2D eigenvalue weighted by Crippen LogP contribution is 2.20. The summed E-state index contributed by atoms with van der Waals surface area (Å²) in [7, 11) is -4.14. The molecule has 0 unspecified atom stereocenters. The molecule has 1 aromatic rings. The van der Waals surface area contributed by atoms with Crippen LogP contribution < -0.4 is 16.8 Å². The molecular weight excluding hydrogens is 341 g/mol. The average molecular weight is 367 g/mol. The number of nitrogens with two attached hydrogens (primary N) is 1. The van der Waals surface area contributed by atoms with Gasteiger partial charge in [0.15, 0.2) is 0 Å². The van der Waals surface area contributed by atoms with Gasteiger partial charge >= 0.3 is 13.4 Å². The summed E-state index contributed by atoms with van der Waals surface area (Å²) in [5.74, 6) is 0. The third kappa shape index (κ3) is 17.1. The molecule has 2 fully saturated rings. The van der Waals surface area contributed by atoms with Gasteiger partial charge in [-0.05, 0) is 32.6 Å². The van der Waals surface area contributed by atoms with Crippen LogP contribution in [0.1, 0.15) is 31.2 Å². The fraction of sp³-hybridized carbons (Fsp3) is 0.692. The van der Waals surface area contributed by atoms with Crippen LogP contribution in [0.2, 0.25) is 0 Å². The van der Waals surface area contributed by atoms with Crippen LogP contribution in [0.3, 0.4) is 0 Å². The Labute approximate surface area is 139 Å². The second-order valence-corrected chi connectivity index (χ2v) is 6.16. The molecule has 3 heterocycles. The number of aromatic nitrogens is 2. The molecule has 11 heteroatoms. The Hall–Kier alpha value is -1.29. The molecule has 0 saturated carbocycles. The van der Waals surface area contributed by atoms with E-state index in [1.54, 1.807) is 6.92 Å². The van der Waals surface area contributed by atoms with E-state index < -0.39 is 13.4 Å². The summed E-state index contributed by atoms with van der Waals surface area (Å²) in [5.41, 5.74) is 3.73. The van der Waals surface area contributed by atoms with E-state index in [9.17, 15) is 9.59 Å². The van der Waals surface area contributed by atoms with Gasteiger partial charge < -0.3 is 24.2 Å². The molecule has 6 N–H and O–H groups in total. The molecule has 0 aliphatic carbocycles. The maximum Gasteiger partial charge on any atom is 0.397 e. The van der Waals surface area contributed by atoms with E-state index in [0.717, 1.165) is 26.4 Å². The molecule has 2 saturated heterocycles. The second-order valence-electron chi connectivity index (χ2n) is 4.98. The molecule has 2 aliphatic rings. The minimum absolute atomic E-state index is 0.334. The molecule has 0 amide bonds. The van der Waals surface area contributed by atoms with Crippen molar-refractivity contribution in [2.45, 2.75) is 32.6 Å². The van der Waals surface area contributed by atoms with Crippen LogP contribution in [0.25, 0.3) is 0 Å². The lowest BCUT2D eigenvalue weighted by atomic mass is 10.4. The minimum Gasteiger partial charge on any atom is -0.381 e. The van der Waals surface area contributed by atoms with E-state index in [2.05, 4.69) is 15.5 Å². The van der Waals surface area contributed by atoms with Gasteiger partial charge in [-0.1, -0.05) is 0 Å². The van der Waals surface area contributed by atoms with E-state index in [1.165, 1.54) is 31.9 Å². The SMILES string of the molecule is C1CCOC1.C1CCOC1.Cc1c[nH]c(=O)[nH]c1=O.NP(=O)(O)O.